The summed E-state index contributed by atoms with van der Waals surface area (Å²) in [5, 5.41) is 23.4. The lowest BCUT2D eigenvalue weighted by Gasteiger charge is -2.33. The first kappa shape index (κ1) is 28.5. The largest absolute Gasteiger partial charge is 0.495 e. The number of anilines is 2. The summed E-state index contributed by atoms with van der Waals surface area (Å²) in [7, 11) is 1.35. The highest BCUT2D eigenvalue weighted by Crippen LogP contribution is 2.32. The monoisotopic (exact) mass is 563 g/mol. The Kier molecular flexibility index (Phi) is 8.99. The molecule has 4 rings (SSSR count). The second-order valence-electron chi connectivity index (χ2n) is 9.17. The normalized spacial score (nSPS) is 13.3. The molecule has 0 spiro atoms. The molecule has 0 saturated carbocycles. The molecule has 0 radical (unpaired) electrons. The summed E-state index contributed by atoms with van der Waals surface area (Å²) in [6.07, 6.45) is 8.39. The highest BCUT2D eigenvalue weighted by molar-refractivity contribution is 6.30. The molecular weight excluding hydrogens is 537 g/mol. The van der Waals surface area contributed by atoms with Crippen molar-refractivity contribution in [1.29, 1.82) is 5.41 Å². The molecule has 1 aliphatic heterocycles. The van der Waals surface area contributed by atoms with Gasteiger partial charge in [0, 0.05) is 37.0 Å². The topological polar surface area (TPSA) is 128 Å². The number of aliphatic hydroxyl groups excluding tert-OH is 1. The molecule has 206 valence electrons. The number of halogens is 2. The summed E-state index contributed by atoms with van der Waals surface area (Å²) in [4.78, 5) is 32.2. The van der Waals surface area contributed by atoms with Crippen LogP contribution < -0.4 is 15.4 Å². The summed E-state index contributed by atoms with van der Waals surface area (Å²) in [5.41, 5.74) is 0.317. The van der Waals surface area contributed by atoms with E-state index in [9.17, 15) is 14.7 Å². The smallest absolute Gasteiger partial charge is 0.259 e. The van der Waals surface area contributed by atoms with Crippen molar-refractivity contribution in [3.63, 3.8) is 0 Å². The quantitative estimate of drug-likeness (QED) is 0.192. The van der Waals surface area contributed by atoms with E-state index in [4.69, 9.17) is 28.2 Å². The first-order valence-corrected chi connectivity index (χ1v) is 12.8. The van der Waals surface area contributed by atoms with Crippen LogP contribution in [0.15, 0.2) is 48.7 Å². The fourth-order valence-corrected chi connectivity index (χ4v) is 4.46. The lowest BCUT2D eigenvalue weighted by molar-refractivity contribution is 0.102. The number of likely N-dealkylation sites (tertiary alicyclic amines) is 1. The van der Waals surface area contributed by atoms with E-state index in [0.29, 0.717) is 29.2 Å². The number of amidine groups is 1. The van der Waals surface area contributed by atoms with Crippen molar-refractivity contribution in [3.05, 3.63) is 81.8 Å². The Hall–Kier alpha value is -4.46. The Balaban J connectivity index is 1.58. The van der Waals surface area contributed by atoms with E-state index in [1.54, 1.807) is 6.07 Å². The van der Waals surface area contributed by atoms with Gasteiger partial charge in [-0.25, -0.2) is 9.37 Å². The lowest BCUT2D eigenvalue weighted by Crippen LogP contribution is -2.39. The van der Waals surface area contributed by atoms with E-state index < -0.39 is 17.6 Å². The van der Waals surface area contributed by atoms with Gasteiger partial charge >= 0.3 is 0 Å². The number of piperidine rings is 1. The number of amides is 2. The Morgan fingerprint density at radius 2 is 1.90 bits per heavy atom. The number of ether oxygens (including phenoxy) is 1. The zero-order valence-electron chi connectivity index (χ0n) is 21.6. The molecule has 9 nitrogen and oxygen atoms in total. The lowest BCUT2D eigenvalue weighted by atomic mass is 9.97. The summed E-state index contributed by atoms with van der Waals surface area (Å²) in [6.45, 7) is 1.27. The molecule has 40 heavy (non-hydrogen) atoms. The van der Waals surface area contributed by atoms with E-state index in [2.05, 4.69) is 21.5 Å². The number of benzene rings is 2. The Bertz CT molecular complexity index is 1480. The molecular formula is C29H27ClFN5O4. The molecule has 1 aliphatic rings. The standard InChI is InChI=1S/C29H27ClFN5O4/c1-3-17-12-22(29(39)34-25-7-5-20(30)15-33-25)26(24(13-17)40-2)35-28(38)21-6-4-19(14-23(21)31)27(32)36-10-8-18(16-37)9-11-36/h1,4-7,12-15,18,32,37H,8-11,16H2,2H3,(H,35,38)(H,33,34,39). The van der Waals surface area contributed by atoms with Crippen molar-refractivity contribution in [2.75, 3.05) is 37.4 Å². The van der Waals surface area contributed by atoms with Crippen LogP contribution in [0.3, 0.4) is 0 Å². The van der Waals surface area contributed by atoms with Gasteiger partial charge in [-0.15, -0.1) is 6.42 Å². The number of aliphatic hydroxyl groups is 1. The molecule has 1 fully saturated rings. The molecule has 1 saturated heterocycles. The molecule has 1 aromatic heterocycles. The molecule has 0 atom stereocenters. The van der Waals surface area contributed by atoms with Gasteiger partial charge in [0.1, 0.15) is 23.2 Å². The zero-order chi connectivity index (χ0) is 28.8. The molecule has 2 aromatic carbocycles. The third kappa shape index (κ3) is 6.39. The molecule has 2 amide bonds. The second kappa shape index (κ2) is 12.6. The summed E-state index contributed by atoms with van der Waals surface area (Å²) in [5.74, 6) is 0.785. The number of nitrogens with one attached hydrogen (secondary N) is 3. The van der Waals surface area contributed by atoms with Crippen molar-refractivity contribution in [2.24, 2.45) is 5.92 Å². The first-order chi connectivity index (χ1) is 19.2. The van der Waals surface area contributed by atoms with Crippen molar-refractivity contribution in [2.45, 2.75) is 12.8 Å². The number of hydrogen-bond acceptors (Lipinski definition) is 6. The van der Waals surface area contributed by atoms with Gasteiger partial charge in [-0.1, -0.05) is 23.6 Å². The number of aromatic nitrogens is 1. The SMILES string of the molecule is C#Cc1cc(OC)c(NC(=O)c2ccc(C(=N)N3CCC(CO)CC3)cc2F)c(C(=O)Nc2ccc(Cl)cn2)c1. The fraction of sp³-hybridized carbons (Fsp3) is 0.241. The molecule has 0 unspecified atom stereocenters. The predicted molar refractivity (Wildman–Crippen MR) is 151 cm³/mol. The molecule has 3 aromatic rings. The molecule has 0 aliphatic carbocycles. The minimum atomic E-state index is -0.833. The van der Waals surface area contributed by atoms with Crippen molar-refractivity contribution in [3.8, 4) is 18.1 Å². The third-order valence-electron chi connectivity index (χ3n) is 6.62. The third-order valence-corrected chi connectivity index (χ3v) is 6.84. The van der Waals surface area contributed by atoms with E-state index in [1.807, 2.05) is 4.90 Å². The van der Waals surface area contributed by atoms with Gasteiger partial charge in [0.25, 0.3) is 11.8 Å². The number of hydrogen-bond donors (Lipinski definition) is 4. The van der Waals surface area contributed by atoms with Crippen LogP contribution in [-0.2, 0) is 0 Å². The summed E-state index contributed by atoms with van der Waals surface area (Å²) < 4.78 is 20.5. The van der Waals surface area contributed by atoms with Gasteiger partial charge in [-0.3, -0.25) is 15.0 Å². The maximum absolute atomic E-state index is 15.2. The van der Waals surface area contributed by atoms with Crippen LogP contribution in [0.5, 0.6) is 5.75 Å². The van der Waals surface area contributed by atoms with E-state index in [1.165, 1.54) is 43.6 Å². The van der Waals surface area contributed by atoms with E-state index >= 15 is 4.39 Å². The van der Waals surface area contributed by atoms with Crippen molar-refractivity contribution >= 4 is 40.8 Å². The van der Waals surface area contributed by atoms with Gasteiger partial charge in [0.2, 0.25) is 0 Å². The second-order valence-corrected chi connectivity index (χ2v) is 9.61. The van der Waals surface area contributed by atoms with Crippen molar-refractivity contribution < 1.29 is 23.8 Å². The number of carbonyl (C=O) groups is 2. The Morgan fingerprint density at radius 1 is 1.18 bits per heavy atom. The average Bonchev–Trinajstić information content (AvgIpc) is 2.97. The summed E-state index contributed by atoms with van der Waals surface area (Å²) >= 11 is 5.86. The van der Waals surface area contributed by atoms with Crippen LogP contribution in [-0.4, -0.2) is 59.4 Å². The maximum atomic E-state index is 15.2. The molecule has 0 bridgehead atoms. The number of nitrogens with zero attached hydrogens (tertiary/aromatic N) is 2. The van der Waals surface area contributed by atoms with Crippen LogP contribution in [0.25, 0.3) is 0 Å². The van der Waals surface area contributed by atoms with E-state index in [0.717, 1.165) is 18.9 Å². The average molecular weight is 564 g/mol. The van der Waals surface area contributed by atoms with Gasteiger partial charge in [-0.05, 0) is 55.2 Å². The highest BCUT2D eigenvalue weighted by atomic mass is 35.5. The molecule has 2 heterocycles. The van der Waals surface area contributed by atoms with Crippen LogP contribution >= 0.6 is 11.6 Å². The van der Waals surface area contributed by atoms with Gasteiger partial charge in [0.15, 0.2) is 0 Å². The minimum absolute atomic E-state index is 0.0130. The predicted octanol–water partition coefficient (Wildman–Crippen LogP) is 4.40. The maximum Gasteiger partial charge on any atom is 0.259 e. The molecule has 4 N–H and O–H groups in total. The first-order valence-electron chi connectivity index (χ1n) is 12.4. The number of methoxy groups -OCH3 is 1. The van der Waals surface area contributed by atoms with Crippen LogP contribution in [0.1, 0.15) is 44.7 Å². The van der Waals surface area contributed by atoms with Gasteiger partial charge in [-0.2, -0.15) is 0 Å². The number of rotatable bonds is 7. The Labute approximate surface area is 235 Å². The number of terminal acetylenes is 1. The van der Waals surface area contributed by atoms with Crippen molar-refractivity contribution in [1.82, 2.24) is 9.88 Å². The van der Waals surface area contributed by atoms with E-state index in [-0.39, 0.29) is 46.7 Å². The molecule has 11 heteroatoms. The van der Waals surface area contributed by atoms with Gasteiger partial charge in [0.05, 0.1) is 28.9 Å². The number of pyridine rings is 1. The zero-order valence-corrected chi connectivity index (χ0v) is 22.4. The fourth-order valence-electron chi connectivity index (χ4n) is 4.35. The number of carbonyl (C=O) groups excluding carboxylic acids is 2. The highest BCUT2D eigenvalue weighted by Gasteiger charge is 2.24. The van der Waals surface area contributed by atoms with Crippen LogP contribution in [0.4, 0.5) is 15.9 Å². The minimum Gasteiger partial charge on any atom is -0.495 e. The van der Waals surface area contributed by atoms with Crippen LogP contribution in [0.2, 0.25) is 5.02 Å². The summed E-state index contributed by atoms with van der Waals surface area (Å²) in [6, 6.07) is 9.83. The van der Waals surface area contributed by atoms with Crippen LogP contribution in [0, 0.1) is 29.5 Å². The van der Waals surface area contributed by atoms with Gasteiger partial charge < -0.3 is 25.4 Å². The Morgan fingerprint density at radius 3 is 2.50 bits per heavy atom.